The van der Waals surface area contributed by atoms with E-state index in [2.05, 4.69) is 12.2 Å². The summed E-state index contributed by atoms with van der Waals surface area (Å²) in [5.41, 5.74) is 1.13. The Morgan fingerprint density at radius 3 is 2.83 bits per heavy atom. The molecular formula is C19H28N2O3. The van der Waals surface area contributed by atoms with Crippen LogP contribution >= 0.6 is 0 Å². The van der Waals surface area contributed by atoms with E-state index < -0.39 is 0 Å². The minimum absolute atomic E-state index is 0.0376. The fourth-order valence-electron chi connectivity index (χ4n) is 3.17. The van der Waals surface area contributed by atoms with E-state index >= 15 is 0 Å². The molecule has 1 N–H and O–H groups in total. The summed E-state index contributed by atoms with van der Waals surface area (Å²) in [5.74, 6) is -0.109. The smallest absolute Gasteiger partial charge is 0.254 e. The van der Waals surface area contributed by atoms with Crippen molar-refractivity contribution in [3.63, 3.8) is 0 Å². The molecule has 24 heavy (non-hydrogen) atoms. The highest BCUT2D eigenvalue weighted by atomic mass is 16.5. The van der Waals surface area contributed by atoms with E-state index in [-0.39, 0.29) is 11.8 Å². The quantitative estimate of drug-likeness (QED) is 0.781. The molecule has 2 amide bonds. The first kappa shape index (κ1) is 18.5. The Labute approximate surface area is 144 Å². The van der Waals surface area contributed by atoms with Crippen LogP contribution in [0.1, 0.15) is 59.7 Å². The van der Waals surface area contributed by atoms with E-state index in [1.54, 1.807) is 31.4 Å². The third-order valence-corrected chi connectivity index (χ3v) is 4.54. The van der Waals surface area contributed by atoms with Crippen molar-refractivity contribution < 1.29 is 14.3 Å². The SMILES string of the molecule is CCC1CCCCN1C(=O)c1cccc(C(=O)NCCCOC)c1. The van der Waals surface area contributed by atoms with Gasteiger partial charge in [-0.1, -0.05) is 13.0 Å². The fraction of sp³-hybridized carbons (Fsp3) is 0.579. The first-order valence-electron chi connectivity index (χ1n) is 8.85. The number of ether oxygens (including phenoxy) is 1. The molecule has 0 radical (unpaired) electrons. The van der Waals surface area contributed by atoms with Crippen LogP contribution in [0, 0.1) is 0 Å². The van der Waals surface area contributed by atoms with Gasteiger partial charge in [-0.2, -0.15) is 0 Å². The molecule has 1 atom stereocenters. The van der Waals surface area contributed by atoms with E-state index in [0.29, 0.717) is 30.3 Å². The Balaban J connectivity index is 2.03. The van der Waals surface area contributed by atoms with Gasteiger partial charge in [-0.3, -0.25) is 9.59 Å². The van der Waals surface area contributed by atoms with Crippen molar-refractivity contribution in [2.24, 2.45) is 0 Å². The second kappa shape index (κ2) is 9.42. The van der Waals surface area contributed by atoms with Gasteiger partial charge in [0.1, 0.15) is 0 Å². The Morgan fingerprint density at radius 1 is 1.29 bits per heavy atom. The van der Waals surface area contributed by atoms with Crippen molar-refractivity contribution in [1.82, 2.24) is 10.2 Å². The van der Waals surface area contributed by atoms with Crippen molar-refractivity contribution in [1.29, 1.82) is 0 Å². The Morgan fingerprint density at radius 2 is 2.08 bits per heavy atom. The molecule has 0 aliphatic carbocycles. The van der Waals surface area contributed by atoms with Gasteiger partial charge in [-0.25, -0.2) is 0 Å². The third-order valence-electron chi connectivity index (χ3n) is 4.54. The van der Waals surface area contributed by atoms with E-state index in [1.807, 2.05) is 4.90 Å². The van der Waals surface area contributed by atoms with Crippen molar-refractivity contribution in [2.75, 3.05) is 26.8 Å². The summed E-state index contributed by atoms with van der Waals surface area (Å²) in [6.45, 7) is 4.12. The predicted octanol–water partition coefficient (Wildman–Crippen LogP) is 2.86. The van der Waals surface area contributed by atoms with Crippen molar-refractivity contribution >= 4 is 11.8 Å². The minimum atomic E-state index is -0.147. The normalized spacial score (nSPS) is 17.6. The summed E-state index contributed by atoms with van der Waals surface area (Å²) < 4.78 is 4.97. The molecule has 0 spiro atoms. The number of nitrogens with one attached hydrogen (secondary N) is 1. The average Bonchev–Trinajstić information content (AvgIpc) is 2.64. The number of hydrogen-bond acceptors (Lipinski definition) is 3. The first-order valence-corrected chi connectivity index (χ1v) is 8.85. The number of nitrogens with zero attached hydrogens (tertiary/aromatic N) is 1. The lowest BCUT2D eigenvalue weighted by molar-refractivity contribution is 0.0608. The van der Waals surface area contributed by atoms with E-state index in [1.165, 1.54) is 6.42 Å². The van der Waals surface area contributed by atoms with Crippen LogP contribution in [-0.2, 0) is 4.74 Å². The summed E-state index contributed by atoms with van der Waals surface area (Å²) in [6, 6.07) is 7.34. The van der Waals surface area contributed by atoms with Crippen LogP contribution in [0.5, 0.6) is 0 Å². The summed E-state index contributed by atoms with van der Waals surface area (Å²) in [6.07, 6.45) is 5.06. The highest BCUT2D eigenvalue weighted by Gasteiger charge is 2.26. The minimum Gasteiger partial charge on any atom is -0.385 e. The topological polar surface area (TPSA) is 58.6 Å². The number of carbonyl (C=O) groups excluding carboxylic acids is 2. The number of methoxy groups -OCH3 is 1. The Bertz CT molecular complexity index is 559. The monoisotopic (exact) mass is 332 g/mol. The number of hydrogen-bond donors (Lipinski definition) is 1. The van der Waals surface area contributed by atoms with Crippen LogP contribution in [0.4, 0.5) is 0 Å². The van der Waals surface area contributed by atoms with Gasteiger partial charge in [0.2, 0.25) is 0 Å². The highest BCUT2D eigenvalue weighted by molar-refractivity contribution is 5.99. The molecule has 5 nitrogen and oxygen atoms in total. The molecule has 0 saturated carbocycles. The number of benzene rings is 1. The van der Waals surface area contributed by atoms with Crippen LogP contribution in [0.2, 0.25) is 0 Å². The van der Waals surface area contributed by atoms with Crippen LogP contribution < -0.4 is 5.32 Å². The zero-order valence-corrected chi connectivity index (χ0v) is 14.7. The van der Waals surface area contributed by atoms with Crippen LogP contribution in [-0.4, -0.2) is 49.6 Å². The van der Waals surface area contributed by atoms with Gasteiger partial charge in [-0.15, -0.1) is 0 Å². The van der Waals surface area contributed by atoms with Crippen LogP contribution in [0.3, 0.4) is 0 Å². The zero-order valence-electron chi connectivity index (χ0n) is 14.7. The molecular weight excluding hydrogens is 304 g/mol. The van der Waals surface area contributed by atoms with Crippen molar-refractivity contribution in [2.45, 2.75) is 45.1 Å². The van der Waals surface area contributed by atoms with Crippen molar-refractivity contribution in [3.8, 4) is 0 Å². The molecule has 1 aliphatic rings. The molecule has 1 saturated heterocycles. The standard InChI is InChI=1S/C19H28N2O3/c1-3-17-10-4-5-12-21(17)19(23)16-9-6-8-15(14-16)18(22)20-11-7-13-24-2/h6,8-9,14,17H,3-5,7,10-13H2,1-2H3,(H,20,22). The Kier molecular flexibility index (Phi) is 7.25. The number of carbonyl (C=O) groups is 2. The lowest BCUT2D eigenvalue weighted by Crippen LogP contribution is -2.43. The summed E-state index contributed by atoms with van der Waals surface area (Å²) >= 11 is 0. The second-order valence-corrected chi connectivity index (χ2v) is 6.24. The lowest BCUT2D eigenvalue weighted by atomic mass is 9.98. The largest absolute Gasteiger partial charge is 0.385 e. The van der Waals surface area contributed by atoms with E-state index in [9.17, 15) is 9.59 Å². The van der Waals surface area contributed by atoms with Crippen molar-refractivity contribution in [3.05, 3.63) is 35.4 Å². The second-order valence-electron chi connectivity index (χ2n) is 6.24. The fourth-order valence-corrected chi connectivity index (χ4v) is 3.17. The number of amides is 2. The molecule has 1 heterocycles. The third kappa shape index (κ3) is 4.81. The molecule has 1 unspecified atom stereocenters. The van der Waals surface area contributed by atoms with E-state index in [4.69, 9.17) is 4.74 Å². The van der Waals surface area contributed by atoms with Gasteiger partial charge in [-0.05, 0) is 50.3 Å². The molecule has 2 rings (SSSR count). The average molecular weight is 332 g/mol. The molecule has 5 heteroatoms. The predicted molar refractivity (Wildman–Crippen MR) is 94.2 cm³/mol. The van der Waals surface area contributed by atoms with Gasteiger partial charge in [0.25, 0.3) is 11.8 Å². The number of likely N-dealkylation sites (tertiary alicyclic amines) is 1. The van der Waals surface area contributed by atoms with Gasteiger partial charge < -0.3 is 15.0 Å². The summed E-state index contributed by atoms with van der Waals surface area (Å²) in [5, 5.41) is 2.86. The van der Waals surface area contributed by atoms with Crippen LogP contribution in [0.15, 0.2) is 24.3 Å². The molecule has 1 aliphatic heterocycles. The highest BCUT2D eigenvalue weighted by Crippen LogP contribution is 2.22. The molecule has 0 aromatic heterocycles. The maximum Gasteiger partial charge on any atom is 0.254 e. The van der Waals surface area contributed by atoms with Gasteiger partial charge in [0.05, 0.1) is 0 Å². The first-order chi connectivity index (χ1) is 11.7. The maximum atomic E-state index is 12.8. The zero-order chi connectivity index (χ0) is 17.4. The van der Waals surface area contributed by atoms with Gasteiger partial charge in [0.15, 0.2) is 0 Å². The van der Waals surface area contributed by atoms with Gasteiger partial charge in [0, 0.05) is 44.0 Å². The molecule has 132 valence electrons. The summed E-state index contributed by atoms with van der Waals surface area (Å²) in [4.78, 5) is 27.0. The molecule has 1 aromatic rings. The van der Waals surface area contributed by atoms with E-state index in [0.717, 1.165) is 32.2 Å². The lowest BCUT2D eigenvalue weighted by Gasteiger charge is -2.35. The molecule has 1 fully saturated rings. The number of rotatable bonds is 7. The molecule has 1 aromatic carbocycles. The van der Waals surface area contributed by atoms with Crippen LogP contribution in [0.25, 0.3) is 0 Å². The summed E-state index contributed by atoms with van der Waals surface area (Å²) in [7, 11) is 1.64. The Hall–Kier alpha value is -1.88. The maximum absolute atomic E-state index is 12.8. The number of piperidine rings is 1. The molecule has 0 bridgehead atoms. The van der Waals surface area contributed by atoms with Gasteiger partial charge >= 0.3 is 0 Å².